The Bertz CT molecular complexity index is 4250. The molecule has 0 amide bonds. The van der Waals surface area contributed by atoms with E-state index in [-0.39, 0.29) is 51.8 Å². The highest BCUT2D eigenvalue weighted by atomic mass is 16.4. The Balaban J connectivity index is 0.000000244. The van der Waals surface area contributed by atoms with Crippen LogP contribution in [-0.2, 0) is 22.4 Å². The first kappa shape index (κ1) is 73.3. The quantitative estimate of drug-likeness (QED) is 0.0378. The normalized spacial score (nSPS) is 9.98. The maximum Gasteiger partial charge on any atom is 0.336 e. The SMILES string of the molecule is O=C(O)Cc1ccc(CC(=O)O)cc1.O=C(O)c1c2ccccc2c(C(=O)O)c2ccccc12.O=C(O)c1cc(C(=O)O)c(C(=O)O)cc1C(=O)O.O=C(O)c1ccc(C(=O)O)c(C(=O)O)c1.O=C(O)c1ccc(C(=O)O)c2ccccc12.O=C(O)c1ccc(C(=O)O)cc1. The van der Waals surface area contributed by atoms with Crippen LogP contribution in [0.5, 0.6) is 0 Å². The third-order valence-electron chi connectivity index (χ3n) is 12.7. The number of carbonyl (C=O) groups is 15. The van der Waals surface area contributed by atoms with Crippen molar-refractivity contribution in [1.29, 1.82) is 0 Å². The van der Waals surface area contributed by atoms with Crippen molar-refractivity contribution >= 4 is 122 Å². The molecule has 0 saturated heterocycles. The third-order valence-corrected chi connectivity index (χ3v) is 12.7. The Kier molecular flexibility index (Phi) is 25.4. The molecule has 0 heterocycles. The molecule has 9 aromatic carbocycles. The number of aromatic carboxylic acids is 13. The van der Waals surface area contributed by atoms with Crippen molar-refractivity contribution in [2.75, 3.05) is 0 Å². The molecule has 0 bridgehead atoms. The molecule has 0 spiro atoms. The molecular weight excluding hydrogens is 1260 g/mol. The molecule has 30 nitrogen and oxygen atoms in total. The maximum absolute atomic E-state index is 11.6. The fraction of sp³-hybridized carbons (Fsp3) is 0.0308. The zero-order valence-electron chi connectivity index (χ0n) is 47.8. The molecule has 9 aromatic rings. The van der Waals surface area contributed by atoms with E-state index in [2.05, 4.69) is 0 Å². The number of benzene rings is 9. The van der Waals surface area contributed by atoms with E-state index in [1.165, 1.54) is 36.4 Å². The minimum Gasteiger partial charge on any atom is -0.481 e. The minimum absolute atomic E-state index is 0.0344. The molecule has 0 radical (unpaired) electrons. The second-order valence-electron chi connectivity index (χ2n) is 18.8. The Hall–Kier alpha value is -14.2. The topological polar surface area (TPSA) is 560 Å². The van der Waals surface area contributed by atoms with Crippen molar-refractivity contribution in [3.05, 3.63) is 247 Å². The molecule has 0 aliphatic rings. The standard InChI is InChI=1S/C16H10O4.C12H8O4.C10H6O8.C10H10O4.C9H6O6.C8H6O4/c17-15(18)13-9-5-1-2-6-10(9)14(16(19)20)12-8-4-3-7-11(12)13;13-11(14)9-5-6-10(12(15)16)8-4-2-1-3-7(8)9;11-7(12)3-1-4(8(13)14)6(10(17)18)2-5(3)9(15)16;11-9(12)5-7-1-2-8(4-3-7)6-10(13)14;10-7(11)4-1-2-5(8(12)13)6(3-4)9(14)15;9-7(10)5-1-2-6(4-3-5)8(11)12/h1-8H,(H,17,18)(H,19,20);1-6H,(H,13,14)(H,15,16);1-2H,(H,11,12)(H,13,14)(H,15,16)(H,17,18);1-4H,5-6H2,(H,11,12)(H,13,14);1-3H,(H,10,11)(H,12,13)(H,14,15);1-4H,(H,9,10)(H,11,12). The summed E-state index contributed by atoms with van der Waals surface area (Å²) in [4.78, 5) is 161. The molecule has 0 unspecified atom stereocenters. The van der Waals surface area contributed by atoms with Crippen LogP contribution in [-0.4, -0.2) is 166 Å². The molecule has 30 heteroatoms. The van der Waals surface area contributed by atoms with Gasteiger partial charge in [0.2, 0.25) is 0 Å². The van der Waals surface area contributed by atoms with E-state index in [0.717, 1.165) is 18.2 Å². The lowest BCUT2D eigenvalue weighted by Gasteiger charge is -2.11. The number of aliphatic carboxylic acids is 2. The second kappa shape index (κ2) is 32.9. The van der Waals surface area contributed by atoms with E-state index in [1.54, 1.807) is 97.1 Å². The summed E-state index contributed by atoms with van der Waals surface area (Å²) in [5.41, 5.74) is -2.38. The lowest BCUT2D eigenvalue weighted by molar-refractivity contribution is -0.137. The maximum atomic E-state index is 11.6. The van der Waals surface area contributed by atoms with Crippen LogP contribution >= 0.6 is 0 Å². The molecule has 9 rings (SSSR count). The fourth-order valence-corrected chi connectivity index (χ4v) is 8.49. The van der Waals surface area contributed by atoms with Crippen molar-refractivity contribution in [2.24, 2.45) is 0 Å². The van der Waals surface area contributed by atoms with Gasteiger partial charge in [0, 0.05) is 0 Å². The average molecular weight is 1310 g/mol. The first-order valence-electron chi connectivity index (χ1n) is 26.0. The van der Waals surface area contributed by atoms with Crippen molar-refractivity contribution in [3.63, 3.8) is 0 Å². The molecule has 0 aliphatic heterocycles. The number of hydrogen-bond donors (Lipinski definition) is 15. The molecule has 15 N–H and O–H groups in total. The number of carboxylic acids is 15. The summed E-state index contributed by atoms with van der Waals surface area (Å²) in [7, 11) is 0. The number of rotatable bonds is 17. The summed E-state index contributed by atoms with van der Waals surface area (Å²) in [6.45, 7) is 0. The largest absolute Gasteiger partial charge is 0.481 e. The summed E-state index contributed by atoms with van der Waals surface area (Å²) in [6.07, 6.45) is -0.0687. The molecule has 0 atom stereocenters. The summed E-state index contributed by atoms with van der Waals surface area (Å²) < 4.78 is 0. The molecular formula is C65H46O30. The van der Waals surface area contributed by atoms with Crippen molar-refractivity contribution in [2.45, 2.75) is 12.8 Å². The highest BCUT2D eigenvalue weighted by molar-refractivity contribution is 6.24. The van der Waals surface area contributed by atoms with Gasteiger partial charge in [0.05, 0.1) is 85.2 Å². The van der Waals surface area contributed by atoms with E-state index in [0.29, 0.717) is 55.6 Å². The predicted molar refractivity (Wildman–Crippen MR) is 324 cm³/mol. The molecule has 0 aliphatic carbocycles. The van der Waals surface area contributed by atoms with Crippen LogP contribution in [0.4, 0.5) is 0 Å². The Morgan fingerprint density at radius 2 is 0.421 bits per heavy atom. The monoisotopic (exact) mass is 1310 g/mol. The van der Waals surface area contributed by atoms with E-state index < -0.39 is 123 Å². The van der Waals surface area contributed by atoms with E-state index in [1.807, 2.05) is 0 Å². The number of fused-ring (bicyclic) bond motifs is 3. The number of hydrogen-bond acceptors (Lipinski definition) is 15. The summed E-state index contributed by atoms with van der Waals surface area (Å²) in [5.74, 6) is -19.0. The van der Waals surface area contributed by atoms with Gasteiger partial charge in [-0.1, -0.05) is 97.1 Å². The summed E-state index contributed by atoms with van der Waals surface area (Å²) in [5, 5.41) is 134. The van der Waals surface area contributed by atoms with Gasteiger partial charge in [-0.05, 0) is 110 Å². The van der Waals surface area contributed by atoms with Crippen LogP contribution < -0.4 is 0 Å². The van der Waals surface area contributed by atoms with Crippen LogP contribution in [0.2, 0.25) is 0 Å². The third kappa shape index (κ3) is 19.7. The molecule has 95 heavy (non-hydrogen) atoms. The Labute approximate surface area is 528 Å². The van der Waals surface area contributed by atoms with Crippen molar-refractivity contribution < 1.29 is 149 Å². The molecule has 0 fully saturated rings. The zero-order valence-corrected chi connectivity index (χ0v) is 47.8. The Morgan fingerprint density at radius 3 is 0.642 bits per heavy atom. The van der Waals surface area contributed by atoms with Crippen LogP contribution in [0.25, 0.3) is 32.3 Å². The highest BCUT2D eigenvalue weighted by Crippen LogP contribution is 2.33. The predicted octanol–water partition coefficient (Wildman–Crippen LogP) is 8.91. The van der Waals surface area contributed by atoms with Gasteiger partial charge in [0.15, 0.2) is 0 Å². The first-order chi connectivity index (χ1) is 44.6. The fourth-order valence-electron chi connectivity index (χ4n) is 8.49. The second-order valence-corrected chi connectivity index (χ2v) is 18.8. The molecule has 0 saturated carbocycles. The lowest BCUT2D eigenvalue weighted by atomic mass is 9.92. The smallest absolute Gasteiger partial charge is 0.336 e. The average Bonchev–Trinajstić information content (AvgIpc) is 0.775. The van der Waals surface area contributed by atoms with Gasteiger partial charge in [-0.3, -0.25) is 9.59 Å². The van der Waals surface area contributed by atoms with Crippen molar-refractivity contribution in [1.82, 2.24) is 0 Å². The zero-order chi connectivity index (χ0) is 71.3. The van der Waals surface area contributed by atoms with Gasteiger partial charge < -0.3 is 76.6 Å². The lowest BCUT2D eigenvalue weighted by Crippen LogP contribution is -2.15. The van der Waals surface area contributed by atoms with Gasteiger partial charge in [0.1, 0.15) is 0 Å². The van der Waals surface area contributed by atoms with Crippen LogP contribution in [0.1, 0.15) is 146 Å². The van der Waals surface area contributed by atoms with E-state index in [4.69, 9.17) is 66.4 Å². The molecule has 486 valence electrons. The summed E-state index contributed by atoms with van der Waals surface area (Å²) >= 11 is 0. The first-order valence-corrected chi connectivity index (χ1v) is 26.0. The van der Waals surface area contributed by atoms with Crippen LogP contribution in [0.15, 0.2) is 164 Å². The van der Waals surface area contributed by atoms with Gasteiger partial charge in [0.25, 0.3) is 0 Å². The van der Waals surface area contributed by atoms with Gasteiger partial charge in [-0.25, -0.2) is 62.3 Å². The Morgan fingerprint density at radius 1 is 0.200 bits per heavy atom. The van der Waals surface area contributed by atoms with Crippen LogP contribution in [0, 0.1) is 0 Å². The molecule has 0 aromatic heterocycles. The highest BCUT2D eigenvalue weighted by Gasteiger charge is 2.26. The summed E-state index contributed by atoms with van der Waals surface area (Å²) in [6, 6.07) is 37.9. The van der Waals surface area contributed by atoms with E-state index in [9.17, 15) is 82.1 Å². The van der Waals surface area contributed by atoms with Crippen molar-refractivity contribution in [3.8, 4) is 0 Å². The van der Waals surface area contributed by atoms with Crippen LogP contribution in [0.3, 0.4) is 0 Å². The van der Waals surface area contributed by atoms with Gasteiger partial charge in [-0.2, -0.15) is 0 Å². The van der Waals surface area contributed by atoms with Gasteiger partial charge >= 0.3 is 89.5 Å². The van der Waals surface area contributed by atoms with E-state index >= 15 is 0 Å². The number of carboxylic acid groups (broad SMARTS) is 15. The van der Waals surface area contributed by atoms with Gasteiger partial charge in [-0.15, -0.1) is 0 Å². The minimum atomic E-state index is -1.66.